The van der Waals surface area contributed by atoms with Crippen molar-refractivity contribution in [3.63, 3.8) is 0 Å². The molecule has 0 aliphatic carbocycles. The first kappa shape index (κ1) is 12.8. The molecule has 92 valence electrons. The van der Waals surface area contributed by atoms with E-state index in [1.165, 1.54) is 4.90 Å². The molecule has 0 saturated heterocycles. The molecule has 4 heteroatoms. The summed E-state index contributed by atoms with van der Waals surface area (Å²) >= 11 is 7.85. The van der Waals surface area contributed by atoms with E-state index in [1.807, 2.05) is 43.8 Å². The molecular weight excluding hydrogens is 254 g/mol. The van der Waals surface area contributed by atoms with Crippen molar-refractivity contribution in [1.29, 1.82) is 0 Å². The molecule has 1 atom stereocenters. The van der Waals surface area contributed by atoms with Crippen molar-refractivity contribution < 1.29 is 4.79 Å². The first-order valence-corrected chi connectivity index (χ1v) is 7.17. The molecule has 1 amide bonds. The molecule has 1 heterocycles. The van der Waals surface area contributed by atoms with E-state index in [1.54, 1.807) is 0 Å². The number of halogens is 1. The average molecular weight is 270 g/mol. The van der Waals surface area contributed by atoms with Crippen LogP contribution < -0.4 is 5.32 Å². The first-order chi connectivity index (χ1) is 8.08. The number of benzene rings is 1. The van der Waals surface area contributed by atoms with Gasteiger partial charge in [0, 0.05) is 21.6 Å². The van der Waals surface area contributed by atoms with Crippen LogP contribution in [0.15, 0.2) is 23.1 Å². The largest absolute Gasteiger partial charge is 0.349 e. The van der Waals surface area contributed by atoms with Crippen LogP contribution >= 0.6 is 23.4 Å². The van der Waals surface area contributed by atoms with E-state index >= 15 is 0 Å². The molecule has 1 aliphatic heterocycles. The Morgan fingerprint density at radius 3 is 3.00 bits per heavy atom. The Morgan fingerprint density at radius 2 is 2.29 bits per heavy atom. The molecule has 0 aromatic heterocycles. The maximum absolute atomic E-state index is 11.8. The van der Waals surface area contributed by atoms with Gasteiger partial charge in [0.2, 0.25) is 5.91 Å². The van der Waals surface area contributed by atoms with Crippen LogP contribution in [0, 0.1) is 5.92 Å². The minimum absolute atomic E-state index is 0.0206. The summed E-state index contributed by atoms with van der Waals surface area (Å²) in [5.74, 6) is 1.16. The Kier molecular flexibility index (Phi) is 4.00. The van der Waals surface area contributed by atoms with E-state index in [2.05, 4.69) is 5.32 Å². The van der Waals surface area contributed by atoms with Crippen LogP contribution in [0.2, 0.25) is 5.02 Å². The third kappa shape index (κ3) is 2.96. The molecule has 2 nitrogen and oxygen atoms in total. The fourth-order valence-corrected chi connectivity index (χ4v) is 3.14. The van der Waals surface area contributed by atoms with Crippen LogP contribution in [0.25, 0.3) is 0 Å². The molecule has 0 radical (unpaired) electrons. The number of carbonyl (C=O) groups excluding carboxylic acids is 1. The number of hydrogen-bond acceptors (Lipinski definition) is 2. The van der Waals surface area contributed by atoms with Crippen molar-refractivity contribution in [1.82, 2.24) is 5.32 Å². The highest BCUT2D eigenvalue weighted by molar-refractivity contribution is 7.99. The number of fused-ring (bicyclic) bond motifs is 1. The zero-order chi connectivity index (χ0) is 12.4. The van der Waals surface area contributed by atoms with Gasteiger partial charge >= 0.3 is 0 Å². The lowest BCUT2D eigenvalue weighted by Gasteiger charge is -2.26. The second kappa shape index (κ2) is 5.32. The fraction of sp³-hybridized carbons (Fsp3) is 0.462. The lowest BCUT2D eigenvalue weighted by Crippen LogP contribution is -2.33. The van der Waals surface area contributed by atoms with Crippen molar-refractivity contribution in [3.8, 4) is 0 Å². The van der Waals surface area contributed by atoms with Crippen molar-refractivity contribution >= 4 is 29.3 Å². The van der Waals surface area contributed by atoms with Gasteiger partial charge in [0.15, 0.2) is 0 Å². The lowest BCUT2D eigenvalue weighted by molar-refractivity contribution is -0.124. The van der Waals surface area contributed by atoms with Crippen LogP contribution in [0.3, 0.4) is 0 Å². The summed E-state index contributed by atoms with van der Waals surface area (Å²) in [6.45, 7) is 3.82. The molecule has 0 spiro atoms. The standard InChI is InChI=1S/C13H16ClNOS/c1-8(2)13(16)15-11-5-6-17-12-4-3-9(14)7-10(11)12/h3-4,7-8,11H,5-6H2,1-2H3,(H,15,16). The summed E-state index contributed by atoms with van der Waals surface area (Å²) in [6, 6.07) is 6.02. The van der Waals surface area contributed by atoms with Crippen LogP contribution in [0.5, 0.6) is 0 Å². The fourth-order valence-electron chi connectivity index (χ4n) is 1.85. The molecule has 0 saturated carbocycles. The predicted molar refractivity (Wildman–Crippen MR) is 72.5 cm³/mol. The van der Waals surface area contributed by atoms with E-state index in [4.69, 9.17) is 11.6 Å². The van der Waals surface area contributed by atoms with Crippen molar-refractivity contribution in [2.24, 2.45) is 5.92 Å². The smallest absolute Gasteiger partial charge is 0.223 e. The summed E-state index contributed by atoms with van der Waals surface area (Å²) in [6.07, 6.45) is 0.969. The molecule has 2 rings (SSSR count). The van der Waals surface area contributed by atoms with Gasteiger partial charge in [-0.2, -0.15) is 0 Å². The summed E-state index contributed by atoms with van der Waals surface area (Å²) in [5, 5.41) is 3.82. The van der Waals surface area contributed by atoms with E-state index in [-0.39, 0.29) is 17.9 Å². The molecule has 1 unspecified atom stereocenters. The molecule has 1 aromatic rings. The Balaban J connectivity index is 2.22. The second-order valence-corrected chi connectivity index (χ2v) is 6.11. The Morgan fingerprint density at radius 1 is 1.53 bits per heavy atom. The van der Waals surface area contributed by atoms with Crippen LogP contribution in [0.1, 0.15) is 31.9 Å². The minimum atomic E-state index is 0.0206. The second-order valence-electron chi connectivity index (χ2n) is 4.54. The van der Waals surface area contributed by atoms with E-state index < -0.39 is 0 Å². The Bertz CT molecular complexity index is 433. The van der Waals surface area contributed by atoms with E-state index in [0.717, 1.165) is 22.8 Å². The SMILES string of the molecule is CC(C)C(=O)NC1CCSc2ccc(Cl)cc21. The highest BCUT2D eigenvalue weighted by Gasteiger charge is 2.23. The Hall–Kier alpha value is -0.670. The van der Waals surface area contributed by atoms with Gasteiger partial charge in [0.1, 0.15) is 0 Å². The zero-order valence-electron chi connectivity index (χ0n) is 10.00. The van der Waals surface area contributed by atoms with E-state index in [0.29, 0.717) is 0 Å². The van der Waals surface area contributed by atoms with Gasteiger partial charge in [0.05, 0.1) is 6.04 Å². The quantitative estimate of drug-likeness (QED) is 0.888. The normalized spacial score (nSPS) is 18.9. The highest BCUT2D eigenvalue weighted by atomic mass is 35.5. The Labute approximate surface area is 111 Å². The van der Waals surface area contributed by atoms with Crippen molar-refractivity contribution in [2.45, 2.75) is 31.2 Å². The van der Waals surface area contributed by atoms with Crippen molar-refractivity contribution in [2.75, 3.05) is 5.75 Å². The molecule has 1 aromatic carbocycles. The number of thioether (sulfide) groups is 1. The molecule has 17 heavy (non-hydrogen) atoms. The summed E-state index contributed by atoms with van der Waals surface area (Å²) in [5.41, 5.74) is 1.16. The van der Waals surface area contributed by atoms with E-state index in [9.17, 15) is 4.79 Å². The van der Waals surface area contributed by atoms with Crippen LogP contribution in [0.4, 0.5) is 0 Å². The van der Waals surface area contributed by atoms with Gasteiger partial charge in [0.25, 0.3) is 0 Å². The van der Waals surface area contributed by atoms with Gasteiger partial charge in [-0.05, 0) is 30.2 Å². The first-order valence-electron chi connectivity index (χ1n) is 5.80. The summed E-state index contributed by atoms with van der Waals surface area (Å²) in [4.78, 5) is 13.0. The van der Waals surface area contributed by atoms with Gasteiger partial charge in [-0.15, -0.1) is 11.8 Å². The highest BCUT2D eigenvalue weighted by Crippen LogP contribution is 2.37. The minimum Gasteiger partial charge on any atom is -0.349 e. The molecular formula is C13H16ClNOS. The topological polar surface area (TPSA) is 29.1 Å². The maximum Gasteiger partial charge on any atom is 0.223 e. The van der Waals surface area contributed by atoms with Crippen molar-refractivity contribution in [3.05, 3.63) is 28.8 Å². The van der Waals surface area contributed by atoms with Gasteiger partial charge in [-0.1, -0.05) is 25.4 Å². The van der Waals surface area contributed by atoms with Crippen LogP contribution in [-0.4, -0.2) is 11.7 Å². The average Bonchev–Trinajstić information content (AvgIpc) is 2.29. The van der Waals surface area contributed by atoms with Gasteiger partial charge in [-0.3, -0.25) is 4.79 Å². The monoisotopic (exact) mass is 269 g/mol. The molecule has 1 N–H and O–H groups in total. The number of hydrogen-bond donors (Lipinski definition) is 1. The molecule has 1 aliphatic rings. The third-order valence-corrected chi connectivity index (χ3v) is 4.21. The maximum atomic E-state index is 11.8. The van der Waals surface area contributed by atoms with Gasteiger partial charge < -0.3 is 5.32 Å². The molecule has 0 fully saturated rings. The zero-order valence-corrected chi connectivity index (χ0v) is 11.6. The van der Waals surface area contributed by atoms with Gasteiger partial charge in [-0.25, -0.2) is 0 Å². The summed E-state index contributed by atoms with van der Waals surface area (Å²) < 4.78 is 0. The predicted octanol–water partition coefficient (Wildman–Crippen LogP) is 3.65. The lowest BCUT2D eigenvalue weighted by atomic mass is 10.0. The number of amides is 1. The number of rotatable bonds is 2. The summed E-state index contributed by atoms with van der Waals surface area (Å²) in [7, 11) is 0. The number of carbonyl (C=O) groups is 1. The molecule has 0 bridgehead atoms. The van der Waals surface area contributed by atoms with Crippen LogP contribution in [-0.2, 0) is 4.79 Å². The number of nitrogens with one attached hydrogen (secondary N) is 1. The third-order valence-electron chi connectivity index (χ3n) is 2.85.